The van der Waals surface area contributed by atoms with Crippen molar-refractivity contribution in [1.29, 1.82) is 0 Å². The van der Waals surface area contributed by atoms with Gasteiger partial charge in [0.25, 0.3) is 0 Å². The quantitative estimate of drug-likeness (QED) is 0.876. The Morgan fingerprint density at radius 3 is 2.58 bits per heavy atom. The first kappa shape index (κ1) is 14.4. The molecule has 1 atom stereocenters. The highest BCUT2D eigenvalue weighted by atomic mass is 16.3. The Kier molecular flexibility index (Phi) is 5.23. The van der Waals surface area contributed by atoms with E-state index in [9.17, 15) is 0 Å². The van der Waals surface area contributed by atoms with Gasteiger partial charge >= 0.3 is 0 Å². The first-order chi connectivity index (χ1) is 9.19. The van der Waals surface area contributed by atoms with Crippen LogP contribution in [0, 0.1) is 0 Å². The summed E-state index contributed by atoms with van der Waals surface area (Å²) in [6.45, 7) is 7.08. The van der Waals surface area contributed by atoms with Crippen molar-refractivity contribution in [3.63, 3.8) is 0 Å². The van der Waals surface area contributed by atoms with Crippen molar-refractivity contribution in [3.8, 4) is 0 Å². The normalized spacial score (nSPS) is 21.4. The van der Waals surface area contributed by atoms with E-state index >= 15 is 0 Å². The lowest BCUT2D eigenvalue weighted by Crippen LogP contribution is -2.32. The maximum absolute atomic E-state index is 9.04. The van der Waals surface area contributed by atoms with E-state index in [2.05, 4.69) is 36.2 Å². The van der Waals surface area contributed by atoms with Crippen LogP contribution in [0.5, 0.6) is 0 Å². The summed E-state index contributed by atoms with van der Waals surface area (Å²) in [6, 6.07) is 9.33. The molecule has 3 nitrogen and oxygen atoms in total. The number of rotatable bonds is 4. The van der Waals surface area contributed by atoms with Crippen molar-refractivity contribution in [2.75, 3.05) is 18.4 Å². The Labute approximate surface area is 116 Å². The largest absolute Gasteiger partial charge is 0.392 e. The van der Waals surface area contributed by atoms with Crippen LogP contribution in [0.4, 0.5) is 5.69 Å². The van der Waals surface area contributed by atoms with Gasteiger partial charge < -0.3 is 15.3 Å². The van der Waals surface area contributed by atoms with Crippen LogP contribution in [-0.2, 0) is 6.61 Å². The van der Waals surface area contributed by atoms with E-state index in [-0.39, 0.29) is 6.61 Å². The molecule has 0 radical (unpaired) electrons. The molecule has 1 unspecified atom stereocenters. The van der Waals surface area contributed by atoms with Gasteiger partial charge in [-0.3, -0.25) is 0 Å². The van der Waals surface area contributed by atoms with Gasteiger partial charge in [0.1, 0.15) is 0 Å². The van der Waals surface area contributed by atoms with Crippen LogP contribution in [0.15, 0.2) is 24.3 Å². The lowest BCUT2D eigenvalue weighted by molar-refractivity contribution is 0.230. The van der Waals surface area contributed by atoms with Gasteiger partial charge in [-0.1, -0.05) is 12.1 Å². The summed E-state index contributed by atoms with van der Waals surface area (Å²) in [7, 11) is 0. The Hall–Kier alpha value is -1.06. The minimum Gasteiger partial charge on any atom is -0.392 e. The zero-order valence-electron chi connectivity index (χ0n) is 12.1. The molecule has 1 aromatic rings. The highest BCUT2D eigenvalue weighted by molar-refractivity contribution is 5.45. The number of hydrogen-bond acceptors (Lipinski definition) is 3. The fourth-order valence-corrected chi connectivity index (χ4v) is 2.72. The van der Waals surface area contributed by atoms with Gasteiger partial charge in [-0.15, -0.1) is 0 Å². The molecule has 3 heteroatoms. The molecule has 1 aliphatic rings. The van der Waals surface area contributed by atoms with Gasteiger partial charge in [0.15, 0.2) is 0 Å². The van der Waals surface area contributed by atoms with E-state index in [1.54, 1.807) is 0 Å². The van der Waals surface area contributed by atoms with Gasteiger partial charge in [-0.05, 0) is 57.4 Å². The van der Waals surface area contributed by atoms with E-state index in [0.29, 0.717) is 12.1 Å². The molecule has 2 rings (SSSR count). The van der Waals surface area contributed by atoms with Gasteiger partial charge in [-0.25, -0.2) is 0 Å². The Morgan fingerprint density at radius 2 is 1.95 bits per heavy atom. The van der Waals surface area contributed by atoms with Crippen LogP contribution in [0.1, 0.15) is 38.7 Å². The second-order valence-corrected chi connectivity index (χ2v) is 5.76. The topological polar surface area (TPSA) is 35.5 Å². The van der Waals surface area contributed by atoms with Crippen LogP contribution < -0.4 is 5.32 Å². The van der Waals surface area contributed by atoms with Gasteiger partial charge in [0.2, 0.25) is 0 Å². The van der Waals surface area contributed by atoms with Gasteiger partial charge in [0.05, 0.1) is 6.61 Å². The Bertz CT molecular complexity index is 375. The maximum Gasteiger partial charge on any atom is 0.0681 e. The molecule has 0 bridgehead atoms. The van der Waals surface area contributed by atoms with Crippen molar-refractivity contribution in [2.24, 2.45) is 0 Å². The van der Waals surface area contributed by atoms with E-state index in [4.69, 9.17) is 5.11 Å². The number of benzene rings is 1. The second-order valence-electron chi connectivity index (χ2n) is 5.76. The molecule has 19 heavy (non-hydrogen) atoms. The first-order valence-electron chi connectivity index (χ1n) is 7.39. The van der Waals surface area contributed by atoms with E-state index in [0.717, 1.165) is 5.56 Å². The highest BCUT2D eigenvalue weighted by Gasteiger charge is 2.18. The number of hydrogen-bond donors (Lipinski definition) is 2. The third-order valence-electron chi connectivity index (χ3n) is 4.00. The number of nitrogens with one attached hydrogen (secondary N) is 1. The van der Waals surface area contributed by atoms with Gasteiger partial charge in [-0.2, -0.15) is 0 Å². The van der Waals surface area contributed by atoms with Crippen LogP contribution in [-0.4, -0.2) is 35.2 Å². The fraction of sp³-hybridized carbons (Fsp3) is 0.625. The first-order valence-corrected chi connectivity index (χ1v) is 7.39. The molecule has 1 saturated heterocycles. The molecule has 0 aliphatic carbocycles. The monoisotopic (exact) mass is 262 g/mol. The summed E-state index contributed by atoms with van der Waals surface area (Å²) >= 11 is 0. The molecule has 1 heterocycles. The zero-order valence-corrected chi connectivity index (χ0v) is 12.1. The van der Waals surface area contributed by atoms with E-state index in [1.165, 1.54) is 38.0 Å². The number of likely N-dealkylation sites (tertiary alicyclic amines) is 1. The average molecular weight is 262 g/mol. The van der Waals surface area contributed by atoms with Crippen molar-refractivity contribution in [3.05, 3.63) is 29.8 Å². The lowest BCUT2D eigenvalue weighted by atomic mass is 10.1. The standard InChI is InChI=1S/C16H26N2O/c1-13(2)18-10-3-4-15(9-11-18)17-16-7-5-14(12-19)6-8-16/h5-8,13,15,17,19H,3-4,9-12H2,1-2H3. The summed E-state index contributed by atoms with van der Waals surface area (Å²) in [5.41, 5.74) is 2.14. The van der Waals surface area contributed by atoms with Gasteiger partial charge in [0, 0.05) is 24.3 Å². The molecule has 1 aliphatic heterocycles. The van der Waals surface area contributed by atoms with Crippen LogP contribution in [0.3, 0.4) is 0 Å². The molecule has 0 amide bonds. The predicted molar refractivity (Wildman–Crippen MR) is 80.3 cm³/mol. The summed E-state index contributed by atoms with van der Waals surface area (Å²) in [6.07, 6.45) is 3.72. The molecule has 2 N–H and O–H groups in total. The van der Waals surface area contributed by atoms with Crippen molar-refractivity contribution >= 4 is 5.69 Å². The van der Waals surface area contributed by atoms with Crippen LogP contribution in [0.2, 0.25) is 0 Å². The van der Waals surface area contributed by atoms with Crippen molar-refractivity contribution in [2.45, 2.75) is 51.8 Å². The lowest BCUT2D eigenvalue weighted by Gasteiger charge is -2.24. The second kappa shape index (κ2) is 6.92. The van der Waals surface area contributed by atoms with E-state index in [1.807, 2.05) is 12.1 Å². The van der Waals surface area contributed by atoms with Crippen LogP contribution in [0.25, 0.3) is 0 Å². The fourth-order valence-electron chi connectivity index (χ4n) is 2.72. The third kappa shape index (κ3) is 4.22. The average Bonchev–Trinajstić information content (AvgIpc) is 2.65. The number of aliphatic hydroxyl groups excluding tert-OH is 1. The summed E-state index contributed by atoms with van der Waals surface area (Å²) in [4.78, 5) is 2.57. The number of anilines is 1. The molecule has 106 valence electrons. The summed E-state index contributed by atoms with van der Waals surface area (Å²) in [5, 5.41) is 12.7. The molecular formula is C16H26N2O. The number of nitrogens with zero attached hydrogens (tertiary/aromatic N) is 1. The van der Waals surface area contributed by atoms with Crippen molar-refractivity contribution in [1.82, 2.24) is 4.90 Å². The van der Waals surface area contributed by atoms with E-state index < -0.39 is 0 Å². The minimum absolute atomic E-state index is 0.118. The van der Waals surface area contributed by atoms with Crippen molar-refractivity contribution < 1.29 is 5.11 Å². The molecular weight excluding hydrogens is 236 g/mol. The maximum atomic E-state index is 9.04. The predicted octanol–water partition coefficient (Wildman–Crippen LogP) is 2.85. The zero-order chi connectivity index (χ0) is 13.7. The smallest absolute Gasteiger partial charge is 0.0681 e. The highest BCUT2D eigenvalue weighted by Crippen LogP contribution is 2.18. The summed E-state index contributed by atoms with van der Waals surface area (Å²) in [5.74, 6) is 0. The summed E-state index contributed by atoms with van der Waals surface area (Å²) < 4.78 is 0. The molecule has 0 spiro atoms. The molecule has 1 aromatic carbocycles. The Morgan fingerprint density at radius 1 is 1.21 bits per heavy atom. The molecule has 1 fully saturated rings. The minimum atomic E-state index is 0.118. The molecule has 0 saturated carbocycles. The third-order valence-corrected chi connectivity index (χ3v) is 4.00. The number of aliphatic hydroxyl groups is 1. The Balaban J connectivity index is 1.88. The SMILES string of the molecule is CC(C)N1CCCC(Nc2ccc(CO)cc2)CC1. The van der Waals surface area contributed by atoms with Crippen LogP contribution >= 0.6 is 0 Å². The molecule has 0 aromatic heterocycles.